The molecule has 31 heavy (non-hydrogen) atoms. The van der Waals surface area contributed by atoms with Gasteiger partial charge in [0.1, 0.15) is 18.9 Å². The van der Waals surface area contributed by atoms with Crippen LogP contribution in [0.4, 0.5) is 10.5 Å². The van der Waals surface area contributed by atoms with Crippen molar-refractivity contribution < 1.29 is 23.9 Å². The van der Waals surface area contributed by atoms with E-state index in [9.17, 15) is 14.4 Å². The van der Waals surface area contributed by atoms with Gasteiger partial charge in [0.2, 0.25) is 5.91 Å². The predicted octanol–water partition coefficient (Wildman–Crippen LogP) is 2.93. The van der Waals surface area contributed by atoms with Crippen molar-refractivity contribution >= 4 is 35.4 Å². The first-order chi connectivity index (χ1) is 15.0. The van der Waals surface area contributed by atoms with Crippen LogP contribution in [-0.4, -0.2) is 49.3 Å². The Hall–Kier alpha value is -3.46. The standard InChI is InChI=1S/C22H21N3O5S/c1-29-15-5-3-4-14(10-15)23-18(26)11-25-17-12-30-21(27)19(17)20(24-22(25)28)13-6-8-16(31-2)9-7-13/h3-10,20H,11-12H2,1-2H3,(H,23,26)(H,24,28). The average molecular weight is 439 g/mol. The fraction of sp³-hybridized carbons (Fsp3) is 0.227. The van der Waals surface area contributed by atoms with E-state index in [0.717, 1.165) is 10.5 Å². The third kappa shape index (κ3) is 4.22. The smallest absolute Gasteiger partial charge is 0.338 e. The molecule has 1 unspecified atom stereocenters. The third-order valence-electron chi connectivity index (χ3n) is 5.10. The van der Waals surface area contributed by atoms with Crippen LogP contribution in [0.15, 0.2) is 64.7 Å². The molecule has 160 valence electrons. The highest BCUT2D eigenvalue weighted by Gasteiger charge is 2.42. The summed E-state index contributed by atoms with van der Waals surface area (Å²) in [6.07, 6.45) is 1.97. The number of ether oxygens (including phenoxy) is 2. The molecular formula is C22H21N3O5S. The second kappa shape index (κ2) is 8.73. The Morgan fingerprint density at radius 1 is 1.26 bits per heavy atom. The van der Waals surface area contributed by atoms with Crippen molar-refractivity contribution in [3.63, 3.8) is 0 Å². The summed E-state index contributed by atoms with van der Waals surface area (Å²) in [5.74, 6) is -0.298. The van der Waals surface area contributed by atoms with Crippen LogP contribution < -0.4 is 15.4 Å². The largest absolute Gasteiger partial charge is 0.497 e. The Morgan fingerprint density at radius 3 is 2.74 bits per heavy atom. The highest BCUT2D eigenvalue weighted by Crippen LogP contribution is 2.35. The maximum atomic E-state index is 12.8. The number of amides is 3. The highest BCUT2D eigenvalue weighted by atomic mass is 32.2. The molecule has 0 aliphatic carbocycles. The van der Waals surface area contributed by atoms with Gasteiger partial charge in [0.25, 0.3) is 0 Å². The number of hydrogen-bond acceptors (Lipinski definition) is 6. The summed E-state index contributed by atoms with van der Waals surface area (Å²) in [4.78, 5) is 40.2. The number of anilines is 1. The van der Waals surface area contributed by atoms with E-state index in [-0.39, 0.29) is 13.2 Å². The Kier molecular flexibility index (Phi) is 5.85. The lowest BCUT2D eigenvalue weighted by atomic mass is 9.96. The van der Waals surface area contributed by atoms with E-state index < -0.39 is 23.9 Å². The van der Waals surface area contributed by atoms with Crippen molar-refractivity contribution in [1.29, 1.82) is 0 Å². The van der Waals surface area contributed by atoms with Crippen molar-refractivity contribution in [3.8, 4) is 5.75 Å². The van der Waals surface area contributed by atoms with Gasteiger partial charge >= 0.3 is 12.0 Å². The first kappa shape index (κ1) is 20.8. The van der Waals surface area contributed by atoms with Gasteiger partial charge in [-0.1, -0.05) is 18.2 Å². The van der Waals surface area contributed by atoms with Gasteiger partial charge in [0.15, 0.2) is 0 Å². The summed E-state index contributed by atoms with van der Waals surface area (Å²) in [5, 5.41) is 5.57. The van der Waals surface area contributed by atoms with Gasteiger partial charge in [0.05, 0.1) is 24.4 Å². The van der Waals surface area contributed by atoms with Gasteiger partial charge in [-0.05, 0) is 36.1 Å². The van der Waals surface area contributed by atoms with Gasteiger partial charge in [-0.25, -0.2) is 9.59 Å². The fourth-order valence-corrected chi connectivity index (χ4v) is 3.98. The van der Waals surface area contributed by atoms with Gasteiger partial charge in [0, 0.05) is 16.6 Å². The lowest BCUT2D eigenvalue weighted by molar-refractivity contribution is -0.136. The Balaban J connectivity index is 1.56. The molecule has 0 spiro atoms. The number of thioether (sulfide) groups is 1. The van der Waals surface area contributed by atoms with Gasteiger partial charge < -0.3 is 20.1 Å². The van der Waals surface area contributed by atoms with Crippen LogP contribution in [0.1, 0.15) is 11.6 Å². The summed E-state index contributed by atoms with van der Waals surface area (Å²) in [7, 11) is 1.54. The molecule has 4 rings (SSSR count). The van der Waals surface area contributed by atoms with Crippen LogP contribution in [0.3, 0.4) is 0 Å². The van der Waals surface area contributed by atoms with E-state index in [0.29, 0.717) is 22.7 Å². The highest BCUT2D eigenvalue weighted by molar-refractivity contribution is 7.98. The second-order valence-corrected chi connectivity index (χ2v) is 7.84. The number of rotatable bonds is 6. The zero-order valence-electron chi connectivity index (χ0n) is 17.0. The van der Waals surface area contributed by atoms with Crippen molar-refractivity contribution in [1.82, 2.24) is 10.2 Å². The number of nitrogens with zero attached hydrogens (tertiary/aromatic N) is 1. The minimum atomic E-state index is -0.619. The zero-order chi connectivity index (χ0) is 22.0. The molecule has 2 aromatic rings. The molecule has 0 saturated carbocycles. The van der Waals surface area contributed by atoms with E-state index in [1.807, 2.05) is 30.5 Å². The predicted molar refractivity (Wildman–Crippen MR) is 116 cm³/mol. The molecule has 0 bridgehead atoms. The number of methoxy groups -OCH3 is 1. The molecule has 2 N–H and O–H groups in total. The monoisotopic (exact) mass is 439 g/mol. The number of hydrogen-bond donors (Lipinski definition) is 2. The quantitative estimate of drug-likeness (QED) is 0.531. The van der Waals surface area contributed by atoms with Crippen molar-refractivity contribution in [2.24, 2.45) is 0 Å². The maximum absolute atomic E-state index is 12.8. The molecule has 0 radical (unpaired) electrons. The summed E-state index contributed by atoms with van der Waals surface area (Å²) in [5.41, 5.74) is 2.08. The molecule has 1 atom stereocenters. The fourth-order valence-electron chi connectivity index (χ4n) is 3.57. The molecule has 2 aliphatic heterocycles. The summed E-state index contributed by atoms with van der Waals surface area (Å²) < 4.78 is 10.4. The average Bonchev–Trinajstić information content (AvgIpc) is 3.17. The molecule has 2 aliphatic rings. The van der Waals surface area contributed by atoms with E-state index >= 15 is 0 Å². The minimum absolute atomic E-state index is 0.0482. The summed E-state index contributed by atoms with van der Waals surface area (Å²) >= 11 is 1.60. The van der Waals surface area contributed by atoms with Crippen LogP contribution in [0.5, 0.6) is 5.75 Å². The molecule has 8 nitrogen and oxygen atoms in total. The summed E-state index contributed by atoms with van der Waals surface area (Å²) in [6, 6.07) is 13.4. The molecule has 9 heteroatoms. The van der Waals surface area contributed by atoms with E-state index in [1.54, 1.807) is 36.0 Å². The van der Waals surface area contributed by atoms with Gasteiger partial charge in [-0.15, -0.1) is 11.8 Å². The lowest BCUT2D eigenvalue weighted by Gasteiger charge is -2.32. The SMILES string of the molecule is COc1cccc(NC(=O)CN2C(=O)NC(c3ccc(SC)cc3)C3=C2COC3=O)c1. The number of esters is 1. The molecule has 0 aromatic heterocycles. The van der Waals surface area contributed by atoms with Crippen LogP contribution in [0, 0.1) is 0 Å². The number of carbonyl (C=O) groups is 3. The van der Waals surface area contributed by atoms with E-state index in [4.69, 9.17) is 9.47 Å². The minimum Gasteiger partial charge on any atom is -0.497 e. The van der Waals surface area contributed by atoms with Crippen LogP contribution in [-0.2, 0) is 14.3 Å². The Labute approximate surface area is 183 Å². The number of benzene rings is 2. The van der Waals surface area contributed by atoms with E-state index in [1.165, 1.54) is 12.0 Å². The van der Waals surface area contributed by atoms with E-state index in [2.05, 4.69) is 10.6 Å². The first-order valence-electron chi connectivity index (χ1n) is 9.56. The van der Waals surface area contributed by atoms with Crippen LogP contribution >= 0.6 is 11.8 Å². The number of urea groups is 1. The van der Waals surface area contributed by atoms with Crippen LogP contribution in [0.25, 0.3) is 0 Å². The molecule has 0 saturated heterocycles. The molecule has 0 fully saturated rings. The molecule has 2 aromatic carbocycles. The number of nitrogens with one attached hydrogen (secondary N) is 2. The Bertz CT molecular complexity index is 1070. The first-order valence-corrected chi connectivity index (χ1v) is 10.8. The molecule has 3 amide bonds. The van der Waals surface area contributed by atoms with Gasteiger partial charge in [-0.2, -0.15) is 0 Å². The lowest BCUT2D eigenvalue weighted by Crippen LogP contribution is -2.49. The van der Waals surface area contributed by atoms with Crippen LogP contribution in [0.2, 0.25) is 0 Å². The normalized spacial score (nSPS) is 17.7. The maximum Gasteiger partial charge on any atom is 0.338 e. The zero-order valence-corrected chi connectivity index (χ0v) is 17.8. The number of cyclic esters (lactones) is 1. The molecular weight excluding hydrogens is 418 g/mol. The van der Waals surface area contributed by atoms with Crippen molar-refractivity contribution in [3.05, 3.63) is 65.4 Å². The summed E-state index contributed by atoms with van der Waals surface area (Å²) in [6.45, 7) is -0.302. The topological polar surface area (TPSA) is 97.0 Å². The second-order valence-electron chi connectivity index (χ2n) is 6.96. The van der Waals surface area contributed by atoms with Crippen molar-refractivity contribution in [2.75, 3.05) is 31.8 Å². The number of carbonyl (C=O) groups excluding carboxylic acids is 3. The Morgan fingerprint density at radius 2 is 2.03 bits per heavy atom. The molecule has 2 heterocycles. The van der Waals surface area contributed by atoms with Crippen molar-refractivity contribution in [2.45, 2.75) is 10.9 Å². The third-order valence-corrected chi connectivity index (χ3v) is 5.85. The van der Waals surface area contributed by atoms with Gasteiger partial charge in [-0.3, -0.25) is 9.69 Å².